The number of aryl methyl sites for hydroxylation is 1. The van der Waals surface area contributed by atoms with Gasteiger partial charge in [0.05, 0.1) is 0 Å². The van der Waals surface area contributed by atoms with Gasteiger partial charge in [0.2, 0.25) is 0 Å². The topological polar surface area (TPSA) is 29.5 Å². The molecule has 0 aliphatic rings. The molecule has 1 amide bonds. The van der Waals surface area contributed by atoms with Crippen LogP contribution in [0.25, 0.3) is 0 Å². The molecule has 0 atom stereocenters. The van der Waals surface area contributed by atoms with E-state index >= 15 is 0 Å². The quantitative estimate of drug-likeness (QED) is 0.843. The Morgan fingerprint density at radius 2 is 1.90 bits per heavy atom. The van der Waals surface area contributed by atoms with Crippen LogP contribution >= 0.6 is 11.6 Å². The first kappa shape index (κ1) is 15.4. The molecule has 0 fully saturated rings. The Bertz CT molecular complexity index is 613. The van der Waals surface area contributed by atoms with Crippen molar-refractivity contribution in [2.24, 2.45) is 0 Å². The molecule has 110 valence electrons. The number of carbonyl (C=O) groups excluding carboxylic acids is 1. The van der Waals surface area contributed by atoms with E-state index < -0.39 is 0 Å². The lowest BCUT2D eigenvalue weighted by Crippen LogP contribution is -2.31. The molecule has 0 aromatic heterocycles. The fourth-order valence-electron chi connectivity index (χ4n) is 1.97. The maximum Gasteiger partial charge on any atom is 0.260 e. The van der Waals surface area contributed by atoms with E-state index in [-0.39, 0.29) is 12.5 Å². The van der Waals surface area contributed by atoms with Gasteiger partial charge in [-0.25, -0.2) is 0 Å². The smallest absolute Gasteiger partial charge is 0.260 e. The first-order chi connectivity index (χ1) is 10.1. The summed E-state index contributed by atoms with van der Waals surface area (Å²) in [5.41, 5.74) is 2.01. The zero-order chi connectivity index (χ0) is 15.2. The highest BCUT2D eigenvalue weighted by molar-refractivity contribution is 6.30. The molecule has 0 radical (unpaired) electrons. The highest BCUT2D eigenvalue weighted by atomic mass is 35.5. The van der Waals surface area contributed by atoms with Gasteiger partial charge in [-0.1, -0.05) is 41.9 Å². The van der Waals surface area contributed by atoms with Crippen LogP contribution in [0, 0.1) is 6.92 Å². The van der Waals surface area contributed by atoms with E-state index in [2.05, 4.69) is 0 Å². The highest BCUT2D eigenvalue weighted by Crippen LogP contribution is 2.21. The zero-order valence-corrected chi connectivity index (χ0v) is 12.9. The number of rotatable bonds is 5. The van der Waals surface area contributed by atoms with Gasteiger partial charge in [0, 0.05) is 18.6 Å². The molecule has 0 heterocycles. The number of benzene rings is 2. The van der Waals surface area contributed by atoms with E-state index in [1.54, 1.807) is 24.1 Å². The van der Waals surface area contributed by atoms with E-state index in [4.69, 9.17) is 16.3 Å². The van der Waals surface area contributed by atoms with Gasteiger partial charge in [0.15, 0.2) is 6.61 Å². The van der Waals surface area contributed by atoms with Crippen molar-refractivity contribution in [2.45, 2.75) is 13.5 Å². The summed E-state index contributed by atoms with van der Waals surface area (Å²) in [4.78, 5) is 13.7. The van der Waals surface area contributed by atoms with Crippen molar-refractivity contribution in [1.82, 2.24) is 4.90 Å². The van der Waals surface area contributed by atoms with E-state index in [1.165, 1.54) is 0 Å². The molecule has 0 spiro atoms. The van der Waals surface area contributed by atoms with Crippen LogP contribution in [0.15, 0.2) is 48.5 Å². The average molecular weight is 304 g/mol. The van der Waals surface area contributed by atoms with Crippen molar-refractivity contribution in [3.63, 3.8) is 0 Å². The normalized spacial score (nSPS) is 10.2. The maximum absolute atomic E-state index is 12.1. The molecule has 2 rings (SSSR count). The van der Waals surface area contributed by atoms with Crippen LogP contribution in [0.1, 0.15) is 11.1 Å². The van der Waals surface area contributed by atoms with Crippen LogP contribution in [0.3, 0.4) is 0 Å². The number of likely N-dealkylation sites (N-methyl/N-ethyl adjacent to an activating group) is 1. The molecule has 0 bridgehead atoms. The Morgan fingerprint density at radius 1 is 1.19 bits per heavy atom. The molecule has 0 saturated carbocycles. The third-order valence-corrected chi connectivity index (χ3v) is 3.41. The second-order valence-corrected chi connectivity index (χ2v) is 5.37. The van der Waals surface area contributed by atoms with Crippen LogP contribution in [0.2, 0.25) is 5.02 Å². The van der Waals surface area contributed by atoms with E-state index in [0.29, 0.717) is 17.3 Å². The van der Waals surface area contributed by atoms with E-state index in [1.807, 2.05) is 43.3 Å². The Hall–Kier alpha value is -2.00. The number of halogens is 1. The molecular formula is C17H18ClNO2. The van der Waals surface area contributed by atoms with Crippen LogP contribution in [0.5, 0.6) is 5.75 Å². The van der Waals surface area contributed by atoms with Crippen LogP contribution < -0.4 is 4.74 Å². The summed E-state index contributed by atoms with van der Waals surface area (Å²) in [6.07, 6.45) is 0. The van der Waals surface area contributed by atoms with Gasteiger partial charge in [-0.2, -0.15) is 0 Å². The standard InChI is InChI=1S/C17H18ClNO2/c1-13-10-15(18)8-9-16(13)21-12-17(20)19(2)11-14-6-4-3-5-7-14/h3-10H,11-12H2,1-2H3. The molecule has 2 aromatic rings. The van der Waals surface area contributed by atoms with Crippen molar-refractivity contribution in [2.75, 3.05) is 13.7 Å². The number of amides is 1. The zero-order valence-electron chi connectivity index (χ0n) is 12.2. The van der Waals surface area contributed by atoms with Gasteiger partial charge in [0.1, 0.15) is 5.75 Å². The van der Waals surface area contributed by atoms with Gasteiger partial charge in [-0.3, -0.25) is 4.79 Å². The van der Waals surface area contributed by atoms with E-state index in [9.17, 15) is 4.79 Å². The minimum absolute atomic E-state index is 0.0196. The summed E-state index contributed by atoms with van der Waals surface area (Å²) in [5.74, 6) is 0.620. The van der Waals surface area contributed by atoms with E-state index in [0.717, 1.165) is 11.1 Å². The molecule has 0 aliphatic heterocycles. The monoisotopic (exact) mass is 303 g/mol. The fourth-order valence-corrected chi connectivity index (χ4v) is 2.20. The highest BCUT2D eigenvalue weighted by Gasteiger charge is 2.11. The van der Waals surface area contributed by atoms with Crippen molar-refractivity contribution < 1.29 is 9.53 Å². The molecular weight excluding hydrogens is 286 g/mol. The molecule has 0 aliphatic carbocycles. The Kier molecular flexibility index (Phi) is 5.23. The Balaban J connectivity index is 1.89. The lowest BCUT2D eigenvalue weighted by Gasteiger charge is -2.18. The lowest BCUT2D eigenvalue weighted by atomic mass is 10.2. The summed E-state index contributed by atoms with van der Waals surface area (Å²) >= 11 is 5.89. The maximum atomic E-state index is 12.1. The molecule has 21 heavy (non-hydrogen) atoms. The molecule has 0 N–H and O–H groups in total. The third kappa shape index (κ3) is 4.50. The summed E-state index contributed by atoms with van der Waals surface area (Å²) in [6, 6.07) is 15.2. The summed E-state index contributed by atoms with van der Waals surface area (Å²) in [6.45, 7) is 2.49. The average Bonchev–Trinajstić information content (AvgIpc) is 2.47. The number of ether oxygens (including phenoxy) is 1. The van der Waals surface area contributed by atoms with Crippen molar-refractivity contribution in [3.05, 3.63) is 64.7 Å². The second-order valence-electron chi connectivity index (χ2n) is 4.93. The predicted octanol–water partition coefficient (Wildman–Crippen LogP) is 3.69. The minimum Gasteiger partial charge on any atom is -0.483 e. The molecule has 0 unspecified atom stereocenters. The lowest BCUT2D eigenvalue weighted by molar-refractivity contribution is -0.132. The van der Waals surface area contributed by atoms with Gasteiger partial charge in [-0.05, 0) is 36.2 Å². The summed E-state index contributed by atoms with van der Waals surface area (Å²) in [5, 5.41) is 0.660. The van der Waals surface area contributed by atoms with Gasteiger partial charge >= 0.3 is 0 Å². The Labute approximate surface area is 130 Å². The van der Waals surface area contributed by atoms with Gasteiger partial charge < -0.3 is 9.64 Å². The molecule has 2 aromatic carbocycles. The molecule has 3 nitrogen and oxygen atoms in total. The van der Waals surface area contributed by atoms with Gasteiger partial charge in [0.25, 0.3) is 5.91 Å². The number of hydrogen-bond donors (Lipinski definition) is 0. The second kappa shape index (κ2) is 7.14. The fraction of sp³-hybridized carbons (Fsp3) is 0.235. The van der Waals surface area contributed by atoms with Crippen LogP contribution in [0.4, 0.5) is 0 Å². The predicted molar refractivity (Wildman–Crippen MR) is 84.6 cm³/mol. The van der Waals surface area contributed by atoms with Gasteiger partial charge in [-0.15, -0.1) is 0 Å². The third-order valence-electron chi connectivity index (χ3n) is 3.18. The Morgan fingerprint density at radius 3 is 2.57 bits per heavy atom. The van der Waals surface area contributed by atoms with Crippen LogP contribution in [-0.2, 0) is 11.3 Å². The van der Waals surface area contributed by atoms with Crippen LogP contribution in [-0.4, -0.2) is 24.5 Å². The van der Waals surface area contributed by atoms with Crippen molar-refractivity contribution in [1.29, 1.82) is 0 Å². The SMILES string of the molecule is Cc1cc(Cl)ccc1OCC(=O)N(C)Cc1ccccc1. The van der Waals surface area contributed by atoms with Crippen molar-refractivity contribution in [3.8, 4) is 5.75 Å². The first-order valence-electron chi connectivity index (χ1n) is 6.73. The van der Waals surface area contributed by atoms with Crippen molar-refractivity contribution >= 4 is 17.5 Å². The molecule has 4 heteroatoms. The molecule has 0 saturated heterocycles. The largest absolute Gasteiger partial charge is 0.483 e. The minimum atomic E-state index is -0.0618. The number of carbonyl (C=O) groups is 1. The summed E-state index contributed by atoms with van der Waals surface area (Å²) < 4.78 is 5.56. The number of nitrogens with zero attached hydrogens (tertiary/aromatic N) is 1. The summed E-state index contributed by atoms with van der Waals surface area (Å²) in [7, 11) is 1.77. The first-order valence-corrected chi connectivity index (χ1v) is 7.11. The number of hydrogen-bond acceptors (Lipinski definition) is 2.